The number of thiazole rings is 1. The minimum atomic E-state index is -0.0526. The summed E-state index contributed by atoms with van der Waals surface area (Å²) in [7, 11) is 0. The van der Waals surface area contributed by atoms with E-state index in [0.717, 1.165) is 16.3 Å². The molecule has 0 bridgehead atoms. The van der Waals surface area contributed by atoms with Crippen LogP contribution in [-0.4, -0.2) is 16.7 Å². The maximum atomic E-state index is 9.50. The maximum Gasteiger partial charge on any atom is 0.0898 e. The van der Waals surface area contributed by atoms with Crippen molar-refractivity contribution in [3.8, 4) is 0 Å². The third-order valence-corrected chi connectivity index (χ3v) is 3.71. The van der Waals surface area contributed by atoms with E-state index in [-0.39, 0.29) is 18.7 Å². The Balaban J connectivity index is 2.07. The van der Waals surface area contributed by atoms with E-state index in [1.54, 1.807) is 11.3 Å². The highest BCUT2D eigenvalue weighted by Gasteiger charge is 2.15. The van der Waals surface area contributed by atoms with Gasteiger partial charge in [-0.2, -0.15) is 0 Å². The van der Waals surface area contributed by atoms with Gasteiger partial charge in [0.15, 0.2) is 0 Å². The molecule has 0 aliphatic carbocycles. The lowest BCUT2D eigenvalue weighted by molar-refractivity contribution is 0.235. The molecule has 2 aromatic rings. The molecule has 1 heterocycles. The highest BCUT2D eigenvalue weighted by Crippen LogP contribution is 2.20. The van der Waals surface area contributed by atoms with Crippen LogP contribution in [0.15, 0.2) is 35.7 Å². The second-order valence-electron chi connectivity index (χ2n) is 4.33. The molecule has 2 unspecified atom stereocenters. The average molecular weight is 262 g/mol. The summed E-state index contributed by atoms with van der Waals surface area (Å²) in [5.41, 5.74) is 2.13. The molecule has 0 aliphatic rings. The van der Waals surface area contributed by atoms with E-state index >= 15 is 0 Å². The summed E-state index contributed by atoms with van der Waals surface area (Å²) in [6, 6.07) is 10.1. The summed E-state index contributed by atoms with van der Waals surface area (Å²) < 4.78 is 0. The zero-order valence-electron chi connectivity index (χ0n) is 10.6. The molecule has 2 N–H and O–H groups in total. The number of hydrogen-bond donors (Lipinski definition) is 2. The van der Waals surface area contributed by atoms with Gasteiger partial charge in [0.2, 0.25) is 0 Å². The second-order valence-corrected chi connectivity index (χ2v) is 5.39. The van der Waals surface area contributed by atoms with Gasteiger partial charge in [0.05, 0.1) is 23.4 Å². The fraction of sp³-hybridized carbons (Fsp3) is 0.357. The molecule has 0 amide bonds. The van der Waals surface area contributed by atoms with Crippen molar-refractivity contribution in [1.29, 1.82) is 0 Å². The lowest BCUT2D eigenvalue weighted by Crippen LogP contribution is -2.27. The number of hydrogen-bond acceptors (Lipinski definition) is 4. The van der Waals surface area contributed by atoms with E-state index in [9.17, 15) is 5.11 Å². The minimum Gasteiger partial charge on any atom is -0.394 e. The number of aromatic nitrogens is 1. The molecule has 0 radical (unpaired) electrons. The minimum absolute atomic E-state index is 0.0526. The van der Waals surface area contributed by atoms with E-state index < -0.39 is 0 Å². The normalized spacial score (nSPS) is 14.4. The van der Waals surface area contributed by atoms with Crippen LogP contribution in [0.2, 0.25) is 0 Å². The standard InChI is InChI=1S/C14H18N2OS/c1-10(14-9-18-11(2)16-14)15-13(8-17)12-6-4-3-5-7-12/h3-7,9-10,13,15,17H,8H2,1-2H3. The smallest absolute Gasteiger partial charge is 0.0898 e. The molecular formula is C14H18N2OS. The quantitative estimate of drug-likeness (QED) is 0.871. The third kappa shape index (κ3) is 3.16. The SMILES string of the molecule is Cc1nc(C(C)NC(CO)c2ccccc2)cs1. The lowest BCUT2D eigenvalue weighted by Gasteiger charge is -2.21. The number of aliphatic hydroxyl groups is 1. The van der Waals surface area contributed by atoms with Gasteiger partial charge >= 0.3 is 0 Å². The largest absolute Gasteiger partial charge is 0.394 e. The summed E-state index contributed by atoms with van der Waals surface area (Å²) in [4.78, 5) is 4.47. The zero-order chi connectivity index (χ0) is 13.0. The molecule has 0 aliphatic heterocycles. The van der Waals surface area contributed by atoms with Gasteiger partial charge in [-0.05, 0) is 19.4 Å². The van der Waals surface area contributed by atoms with E-state index in [1.165, 1.54) is 0 Å². The van der Waals surface area contributed by atoms with Crippen LogP contribution in [0.4, 0.5) is 0 Å². The number of rotatable bonds is 5. The van der Waals surface area contributed by atoms with Crippen LogP contribution in [0.25, 0.3) is 0 Å². The van der Waals surface area contributed by atoms with Crippen LogP contribution in [0.1, 0.15) is 35.3 Å². The Hall–Kier alpha value is -1.23. The fourth-order valence-electron chi connectivity index (χ4n) is 1.91. The average Bonchev–Trinajstić information content (AvgIpc) is 2.83. The molecule has 0 saturated heterocycles. The Bertz CT molecular complexity index is 484. The summed E-state index contributed by atoms with van der Waals surface area (Å²) in [6.07, 6.45) is 0. The van der Waals surface area contributed by atoms with Gasteiger partial charge in [0.25, 0.3) is 0 Å². The van der Waals surface area contributed by atoms with Gasteiger partial charge < -0.3 is 5.11 Å². The van der Waals surface area contributed by atoms with Gasteiger partial charge in [-0.25, -0.2) is 4.98 Å². The Labute approximate surface area is 112 Å². The predicted molar refractivity (Wildman–Crippen MR) is 74.7 cm³/mol. The number of benzene rings is 1. The first-order valence-corrected chi connectivity index (χ1v) is 6.92. The second kappa shape index (κ2) is 6.09. The first-order chi connectivity index (χ1) is 8.70. The van der Waals surface area contributed by atoms with Crippen molar-refractivity contribution in [2.45, 2.75) is 25.9 Å². The Kier molecular flexibility index (Phi) is 4.47. The molecule has 2 atom stereocenters. The molecule has 3 nitrogen and oxygen atoms in total. The van der Waals surface area contributed by atoms with Crippen molar-refractivity contribution in [1.82, 2.24) is 10.3 Å². The third-order valence-electron chi connectivity index (χ3n) is 2.92. The van der Waals surface area contributed by atoms with Crippen LogP contribution >= 0.6 is 11.3 Å². The predicted octanol–water partition coefficient (Wildman–Crippen LogP) is 2.84. The number of aliphatic hydroxyl groups excluding tert-OH is 1. The van der Waals surface area contributed by atoms with Gasteiger partial charge in [0, 0.05) is 11.4 Å². The molecule has 2 rings (SSSR count). The summed E-state index contributed by atoms with van der Waals surface area (Å²) in [5.74, 6) is 0. The van der Waals surface area contributed by atoms with Gasteiger partial charge in [-0.3, -0.25) is 5.32 Å². The van der Waals surface area contributed by atoms with Crippen molar-refractivity contribution >= 4 is 11.3 Å². The van der Waals surface area contributed by atoms with Crippen LogP contribution in [0.3, 0.4) is 0 Å². The topological polar surface area (TPSA) is 45.2 Å². The number of nitrogens with one attached hydrogen (secondary N) is 1. The van der Waals surface area contributed by atoms with E-state index in [2.05, 4.69) is 22.6 Å². The molecule has 96 valence electrons. The van der Waals surface area contributed by atoms with Crippen molar-refractivity contribution in [3.05, 3.63) is 52.0 Å². The molecule has 1 aromatic carbocycles. The first kappa shape index (κ1) is 13.2. The molecular weight excluding hydrogens is 244 g/mol. The van der Waals surface area contributed by atoms with Crippen LogP contribution in [0, 0.1) is 6.92 Å². The van der Waals surface area contributed by atoms with Gasteiger partial charge in [-0.1, -0.05) is 30.3 Å². The maximum absolute atomic E-state index is 9.50. The van der Waals surface area contributed by atoms with Gasteiger partial charge in [0.1, 0.15) is 0 Å². The molecule has 0 saturated carbocycles. The summed E-state index contributed by atoms with van der Waals surface area (Å²) >= 11 is 1.65. The molecule has 1 aromatic heterocycles. The fourth-order valence-corrected chi connectivity index (χ4v) is 2.61. The highest BCUT2D eigenvalue weighted by atomic mass is 32.1. The number of aryl methyl sites for hydroxylation is 1. The van der Waals surface area contributed by atoms with Crippen molar-refractivity contribution in [2.75, 3.05) is 6.61 Å². The van der Waals surface area contributed by atoms with E-state index in [4.69, 9.17) is 0 Å². The number of nitrogens with zero attached hydrogens (tertiary/aromatic N) is 1. The summed E-state index contributed by atoms with van der Waals surface area (Å²) in [5, 5.41) is 16.0. The van der Waals surface area contributed by atoms with E-state index in [0.29, 0.717) is 0 Å². The van der Waals surface area contributed by atoms with E-state index in [1.807, 2.05) is 37.3 Å². The Morgan fingerprint density at radius 2 is 2.06 bits per heavy atom. The molecule has 0 spiro atoms. The zero-order valence-corrected chi connectivity index (χ0v) is 11.4. The van der Waals surface area contributed by atoms with Gasteiger partial charge in [-0.15, -0.1) is 11.3 Å². The lowest BCUT2D eigenvalue weighted by atomic mass is 10.1. The first-order valence-electron chi connectivity index (χ1n) is 6.04. The monoisotopic (exact) mass is 262 g/mol. The van der Waals surface area contributed by atoms with Crippen molar-refractivity contribution in [2.24, 2.45) is 0 Å². The Morgan fingerprint density at radius 3 is 2.61 bits per heavy atom. The van der Waals surface area contributed by atoms with Crippen LogP contribution < -0.4 is 5.32 Å². The molecule has 18 heavy (non-hydrogen) atoms. The summed E-state index contributed by atoms with van der Waals surface area (Å²) in [6.45, 7) is 4.15. The van der Waals surface area contributed by atoms with Crippen molar-refractivity contribution in [3.63, 3.8) is 0 Å². The van der Waals surface area contributed by atoms with Crippen molar-refractivity contribution < 1.29 is 5.11 Å². The van der Waals surface area contributed by atoms with Crippen LogP contribution in [0.5, 0.6) is 0 Å². The Morgan fingerprint density at radius 1 is 1.33 bits per heavy atom. The molecule has 0 fully saturated rings. The van der Waals surface area contributed by atoms with Crippen LogP contribution in [-0.2, 0) is 0 Å². The highest BCUT2D eigenvalue weighted by molar-refractivity contribution is 7.09. The molecule has 4 heteroatoms.